The van der Waals surface area contributed by atoms with Crippen LogP contribution in [-0.2, 0) is 11.3 Å². The van der Waals surface area contributed by atoms with Crippen LogP contribution in [0.25, 0.3) is 11.2 Å². The quantitative estimate of drug-likeness (QED) is 0.280. The molecule has 0 bridgehead atoms. The van der Waals surface area contributed by atoms with Crippen LogP contribution >= 0.6 is 34.2 Å². The number of nitrogens with one attached hydrogen (secondary N) is 2. The number of fused-ring (bicyclic) bond motifs is 2. The molecule has 3 aromatic rings. The summed E-state index contributed by atoms with van der Waals surface area (Å²) in [6.07, 6.45) is -0.225. The molecule has 0 radical (unpaired) electrons. The Hall–Kier alpha value is -2.02. The van der Waals surface area contributed by atoms with E-state index in [9.17, 15) is 15.0 Å². The second kappa shape index (κ2) is 7.54. The van der Waals surface area contributed by atoms with Crippen LogP contribution < -0.4 is 10.6 Å². The normalized spacial score (nSPS) is 29.1. The topological polar surface area (TPSA) is 125 Å². The summed E-state index contributed by atoms with van der Waals surface area (Å²) >= 11 is 8.46. The molecule has 5 rings (SSSR count). The summed E-state index contributed by atoms with van der Waals surface area (Å²) in [6, 6.07) is 7.54. The van der Waals surface area contributed by atoms with Gasteiger partial charge in [0.1, 0.15) is 6.10 Å². The van der Waals surface area contributed by atoms with Crippen LogP contribution in [0.2, 0.25) is 5.28 Å². The first-order valence-electron chi connectivity index (χ1n) is 9.83. The van der Waals surface area contributed by atoms with E-state index in [1.165, 1.54) is 7.05 Å². The molecular weight excluding hydrogens is 535 g/mol. The van der Waals surface area contributed by atoms with Crippen molar-refractivity contribution in [1.29, 1.82) is 0 Å². The molecule has 0 aliphatic heterocycles. The maximum atomic E-state index is 12.4. The number of aromatic nitrogens is 4. The van der Waals surface area contributed by atoms with E-state index in [1.54, 1.807) is 10.9 Å². The highest BCUT2D eigenvalue weighted by Crippen LogP contribution is 2.67. The number of benzene rings is 1. The van der Waals surface area contributed by atoms with Crippen molar-refractivity contribution in [3.63, 3.8) is 0 Å². The first kappa shape index (κ1) is 20.9. The lowest BCUT2D eigenvalue weighted by atomic mass is 9.98. The number of aliphatic hydroxyl groups excluding tert-OH is 2. The molecule has 1 amide bonds. The minimum atomic E-state index is -1.16. The molecule has 5 atom stereocenters. The number of amides is 1. The minimum absolute atomic E-state index is 0.0424. The van der Waals surface area contributed by atoms with Gasteiger partial charge < -0.3 is 25.4 Å². The fourth-order valence-corrected chi connectivity index (χ4v) is 5.62. The maximum Gasteiger partial charge on any atom is 0.229 e. The second-order valence-electron chi connectivity index (χ2n) is 8.00. The number of halogens is 2. The van der Waals surface area contributed by atoms with Crippen molar-refractivity contribution in [2.24, 2.45) is 11.3 Å². The lowest BCUT2D eigenvalue weighted by molar-refractivity contribution is -0.132. The third kappa shape index (κ3) is 3.19. The van der Waals surface area contributed by atoms with Gasteiger partial charge in [0.2, 0.25) is 11.2 Å². The van der Waals surface area contributed by atoms with E-state index in [0.29, 0.717) is 29.9 Å². The van der Waals surface area contributed by atoms with Crippen LogP contribution in [0.5, 0.6) is 0 Å². The van der Waals surface area contributed by atoms with Gasteiger partial charge in [0.05, 0.1) is 23.9 Å². The number of anilines is 1. The Labute approximate surface area is 196 Å². The van der Waals surface area contributed by atoms with Crippen LogP contribution in [0, 0.1) is 14.9 Å². The van der Waals surface area contributed by atoms with Crippen LogP contribution in [0.1, 0.15) is 18.0 Å². The number of carbonyl (C=O) groups excluding carboxylic acids is 1. The zero-order valence-electron chi connectivity index (χ0n) is 16.5. The van der Waals surface area contributed by atoms with Crippen molar-refractivity contribution in [3.8, 4) is 0 Å². The predicted molar refractivity (Wildman–Crippen MR) is 122 cm³/mol. The first-order chi connectivity index (χ1) is 14.9. The molecule has 2 fully saturated rings. The molecule has 2 heterocycles. The van der Waals surface area contributed by atoms with Crippen molar-refractivity contribution < 1.29 is 15.0 Å². The van der Waals surface area contributed by atoms with Gasteiger partial charge in [-0.3, -0.25) is 4.79 Å². The van der Waals surface area contributed by atoms with Crippen LogP contribution in [-0.4, -0.2) is 54.9 Å². The highest BCUT2D eigenvalue weighted by molar-refractivity contribution is 14.1. The maximum absolute atomic E-state index is 12.4. The number of hydrogen-bond donors (Lipinski definition) is 4. The summed E-state index contributed by atoms with van der Waals surface area (Å²) in [5.74, 6) is 0.00359. The van der Waals surface area contributed by atoms with Gasteiger partial charge in [0.15, 0.2) is 17.0 Å². The fraction of sp³-hybridized carbons (Fsp3) is 0.400. The molecule has 162 valence electrons. The zero-order chi connectivity index (χ0) is 21.9. The van der Waals surface area contributed by atoms with Gasteiger partial charge in [-0.15, -0.1) is 0 Å². The average Bonchev–Trinajstić information content (AvgIpc) is 3.29. The Morgan fingerprint density at radius 3 is 2.94 bits per heavy atom. The lowest BCUT2D eigenvalue weighted by Crippen LogP contribution is -2.41. The summed E-state index contributed by atoms with van der Waals surface area (Å²) in [6.45, 7) is 0.527. The Morgan fingerprint density at radius 2 is 2.19 bits per heavy atom. The molecule has 0 spiro atoms. The minimum Gasteiger partial charge on any atom is -0.389 e. The number of hydrogen-bond acceptors (Lipinski definition) is 7. The van der Waals surface area contributed by atoms with E-state index in [0.717, 1.165) is 9.13 Å². The van der Waals surface area contributed by atoms with E-state index in [1.807, 2.05) is 18.2 Å². The first-order valence-corrected chi connectivity index (χ1v) is 11.3. The fourth-order valence-electron chi connectivity index (χ4n) is 4.85. The molecule has 9 nitrogen and oxygen atoms in total. The van der Waals surface area contributed by atoms with Crippen LogP contribution in [0.4, 0.5) is 5.82 Å². The zero-order valence-corrected chi connectivity index (χ0v) is 19.4. The highest BCUT2D eigenvalue weighted by Gasteiger charge is 2.75. The van der Waals surface area contributed by atoms with E-state index < -0.39 is 23.7 Å². The number of aliphatic hydroxyl groups is 2. The van der Waals surface area contributed by atoms with Crippen LogP contribution in [0.15, 0.2) is 30.6 Å². The monoisotopic (exact) mass is 554 g/mol. The number of rotatable bonds is 5. The molecule has 2 saturated carbocycles. The van der Waals surface area contributed by atoms with Crippen molar-refractivity contribution in [2.45, 2.75) is 31.2 Å². The van der Waals surface area contributed by atoms with Gasteiger partial charge in [-0.2, -0.15) is 9.97 Å². The van der Waals surface area contributed by atoms with E-state index in [-0.39, 0.29) is 17.1 Å². The molecule has 2 aromatic heterocycles. The molecule has 1 unspecified atom stereocenters. The van der Waals surface area contributed by atoms with Gasteiger partial charge in [-0.05, 0) is 58.3 Å². The third-order valence-electron chi connectivity index (χ3n) is 6.39. The Balaban J connectivity index is 1.49. The number of carbonyl (C=O) groups is 1. The predicted octanol–water partition coefficient (Wildman–Crippen LogP) is 1.73. The summed E-state index contributed by atoms with van der Waals surface area (Å²) in [4.78, 5) is 25.5. The standard InChI is InChI=1S/C20H20ClIN6O3/c1-23-18(31)20-6-11(20)13(14(29)15(20)30)28-8-25-12-16(26-19(21)27-17(12)28)24-7-9-3-2-4-10(22)5-9/h2-5,8,11,13-15,29-30H,6-7H2,1H3,(H,23,31)(H,24,26,27)/t11-,13-,14+,15+,20?/m1/s1. The lowest BCUT2D eigenvalue weighted by Gasteiger charge is -2.23. The van der Waals surface area contributed by atoms with E-state index in [4.69, 9.17) is 11.6 Å². The smallest absolute Gasteiger partial charge is 0.229 e. The van der Waals surface area contributed by atoms with Gasteiger partial charge in [0, 0.05) is 23.1 Å². The van der Waals surface area contributed by atoms with Gasteiger partial charge in [0.25, 0.3) is 0 Å². The van der Waals surface area contributed by atoms with Gasteiger partial charge in [-0.1, -0.05) is 12.1 Å². The van der Waals surface area contributed by atoms with Crippen molar-refractivity contribution in [3.05, 3.63) is 45.0 Å². The Bertz CT molecular complexity index is 1190. The van der Waals surface area contributed by atoms with Crippen molar-refractivity contribution in [2.75, 3.05) is 12.4 Å². The summed E-state index contributed by atoms with van der Waals surface area (Å²) in [5.41, 5.74) is 1.06. The molecule has 0 saturated heterocycles. The van der Waals surface area contributed by atoms with Crippen molar-refractivity contribution in [1.82, 2.24) is 24.8 Å². The number of nitrogens with zero attached hydrogens (tertiary/aromatic N) is 4. The Kier molecular flexibility index (Phi) is 5.07. The SMILES string of the molecule is CNC(=O)C12C[C@@H]1[C@@H](n1cnc3c(NCc4cccc(I)c4)nc(Cl)nc31)[C@H](O)[C@@H]2O. The summed E-state index contributed by atoms with van der Waals surface area (Å²) < 4.78 is 2.83. The summed E-state index contributed by atoms with van der Waals surface area (Å²) in [7, 11) is 1.53. The van der Waals surface area contributed by atoms with Gasteiger partial charge >= 0.3 is 0 Å². The average molecular weight is 555 g/mol. The highest BCUT2D eigenvalue weighted by atomic mass is 127. The Morgan fingerprint density at radius 1 is 1.39 bits per heavy atom. The second-order valence-corrected chi connectivity index (χ2v) is 9.59. The molecular formula is C20H20ClIN6O3. The summed E-state index contributed by atoms with van der Waals surface area (Å²) in [5, 5.41) is 27.3. The number of imidazole rings is 1. The third-order valence-corrected chi connectivity index (χ3v) is 7.23. The van der Waals surface area contributed by atoms with Crippen molar-refractivity contribution >= 4 is 57.1 Å². The van der Waals surface area contributed by atoms with Crippen LogP contribution in [0.3, 0.4) is 0 Å². The molecule has 2 aliphatic carbocycles. The largest absolute Gasteiger partial charge is 0.389 e. The molecule has 4 N–H and O–H groups in total. The molecule has 2 aliphatic rings. The van der Waals surface area contributed by atoms with E-state index >= 15 is 0 Å². The molecule has 1 aromatic carbocycles. The van der Waals surface area contributed by atoms with E-state index in [2.05, 4.69) is 54.2 Å². The molecule has 31 heavy (non-hydrogen) atoms. The van der Waals surface area contributed by atoms with Gasteiger partial charge in [-0.25, -0.2) is 4.98 Å². The molecule has 11 heteroatoms.